The van der Waals surface area contributed by atoms with Gasteiger partial charge in [0.2, 0.25) is 0 Å². The first kappa shape index (κ1) is 17.3. The predicted octanol–water partition coefficient (Wildman–Crippen LogP) is 5.09. The van der Waals surface area contributed by atoms with Crippen molar-refractivity contribution in [2.75, 3.05) is 6.54 Å². The van der Waals surface area contributed by atoms with Crippen molar-refractivity contribution in [3.63, 3.8) is 0 Å². The summed E-state index contributed by atoms with van der Waals surface area (Å²) in [4.78, 5) is 0. The van der Waals surface area contributed by atoms with Gasteiger partial charge in [-0.2, -0.15) is 0 Å². The number of benzene rings is 1. The van der Waals surface area contributed by atoms with E-state index in [1.54, 1.807) is 5.56 Å². The molecule has 1 aliphatic heterocycles. The third-order valence-electron chi connectivity index (χ3n) is 6.09. The van der Waals surface area contributed by atoms with E-state index in [0.717, 1.165) is 25.8 Å². The van der Waals surface area contributed by atoms with Gasteiger partial charge in [0, 0.05) is 29.1 Å². The zero-order valence-electron chi connectivity index (χ0n) is 15.7. The predicted molar refractivity (Wildman–Crippen MR) is 107 cm³/mol. The Bertz CT molecular complexity index is 786. The Balaban J connectivity index is 2.30. The van der Waals surface area contributed by atoms with Crippen molar-refractivity contribution in [1.82, 2.24) is 9.55 Å². The number of nitrogens with one attached hydrogen (secondary N) is 1. The number of fused-ring (bicyclic) bond motifs is 3. The maximum Gasteiger partial charge on any atom is 0.161 e. The van der Waals surface area contributed by atoms with E-state index >= 15 is 0 Å². The second kappa shape index (κ2) is 6.09. The molecule has 24 heavy (non-hydrogen) atoms. The summed E-state index contributed by atoms with van der Waals surface area (Å²) >= 11 is 0. The monoisotopic (exact) mass is 338 g/mol. The van der Waals surface area contributed by atoms with E-state index in [2.05, 4.69) is 73.6 Å². The Kier molecular flexibility index (Phi) is 4.40. The van der Waals surface area contributed by atoms with E-state index in [1.807, 2.05) is 0 Å². The Morgan fingerprint density at radius 1 is 1.29 bits per heavy atom. The summed E-state index contributed by atoms with van der Waals surface area (Å²) < 4.78 is 2.74. The van der Waals surface area contributed by atoms with E-state index in [9.17, 15) is 0 Å². The van der Waals surface area contributed by atoms with E-state index in [0.29, 0.717) is 6.04 Å². The fourth-order valence-corrected chi connectivity index (χ4v) is 6.19. The van der Waals surface area contributed by atoms with Gasteiger partial charge in [0.15, 0.2) is 8.24 Å². The lowest BCUT2D eigenvalue weighted by atomic mass is 9.96. The molecular weight excluding hydrogens is 308 g/mol. The number of hydrogen-bond donors (Lipinski definition) is 1. The van der Waals surface area contributed by atoms with Gasteiger partial charge in [0.05, 0.1) is 0 Å². The van der Waals surface area contributed by atoms with Gasteiger partial charge in [-0.15, -0.1) is 12.3 Å². The minimum Gasteiger partial charge on any atom is -0.370 e. The molecule has 0 radical (unpaired) electrons. The van der Waals surface area contributed by atoms with Crippen LogP contribution >= 0.6 is 0 Å². The summed E-state index contributed by atoms with van der Waals surface area (Å²) in [5.74, 6) is 2.83. The van der Waals surface area contributed by atoms with Crippen molar-refractivity contribution in [1.29, 1.82) is 0 Å². The molecule has 2 heterocycles. The van der Waals surface area contributed by atoms with Gasteiger partial charge in [0.1, 0.15) is 0 Å². The van der Waals surface area contributed by atoms with Gasteiger partial charge in [-0.1, -0.05) is 52.1 Å². The Labute approximate surface area is 147 Å². The topological polar surface area (TPSA) is 17.0 Å². The van der Waals surface area contributed by atoms with Crippen molar-refractivity contribution < 1.29 is 0 Å². The lowest BCUT2D eigenvalue weighted by Crippen LogP contribution is -2.48. The molecule has 1 aromatic heterocycles. The quantitative estimate of drug-likeness (QED) is 0.609. The van der Waals surface area contributed by atoms with Crippen molar-refractivity contribution in [2.45, 2.75) is 64.2 Å². The molecule has 0 saturated carbocycles. The number of hydrogen-bond acceptors (Lipinski definition) is 1. The second-order valence-corrected chi connectivity index (χ2v) is 13.6. The van der Waals surface area contributed by atoms with Crippen LogP contribution in [0.1, 0.15) is 50.9 Å². The highest BCUT2D eigenvalue weighted by Gasteiger charge is 2.42. The first-order valence-corrected chi connectivity index (χ1v) is 12.0. The van der Waals surface area contributed by atoms with Crippen LogP contribution in [0.5, 0.6) is 0 Å². The van der Waals surface area contributed by atoms with Gasteiger partial charge < -0.3 is 9.55 Å². The zero-order valence-corrected chi connectivity index (χ0v) is 16.7. The summed E-state index contributed by atoms with van der Waals surface area (Å²) in [5.41, 5.74) is 4.49. The van der Waals surface area contributed by atoms with Crippen molar-refractivity contribution in [3.05, 3.63) is 35.5 Å². The molecule has 3 heteroatoms. The van der Waals surface area contributed by atoms with Crippen LogP contribution in [-0.2, 0) is 6.42 Å². The fourth-order valence-electron chi connectivity index (χ4n) is 3.83. The largest absolute Gasteiger partial charge is 0.370 e. The Hall–Kier alpha value is -1.50. The summed E-state index contributed by atoms with van der Waals surface area (Å²) in [6.45, 7) is 13.3. The van der Waals surface area contributed by atoms with Crippen LogP contribution in [0, 0.1) is 12.3 Å². The highest BCUT2D eigenvalue weighted by atomic mass is 28.3. The average Bonchev–Trinajstić information content (AvgIpc) is 2.87. The molecule has 0 aliphatic carbocycles. The van der Waals surface area contributed by atoms with Crippen LogP contribution < -0.4 is 5.32 Å². The molecule has 0 amide bonds. The molecule has 1 aliphatic rings. The molecule has 1 N–H and O–H groups in total. The minimum atomic E-state index is -1.73. The van der Waals surface area contributed by atoms with Crippen LogP contribution in [0.15, 0.2) is 24.3 Å². The Morgan fingerprint density at radius 2 is 2.00 bits per heavy atom. The smallest absolute Gasteiger partial charge is 0.161 e. The van der Waals surface area contributed by atoms with Gasteiger partial charge >= 0.3 is 0 Å². The van der Waals surface area contributed by atoms with Crippen LogP contribution in [0.4, 0.5) is 0 Å². The maximum atomic E-state index is 5.56. The summed E-state index contributed by atoms with van der Waals surface area (Å²) in [6.07, 6.45) is 8.52. The van der Waals surface area contributed by atoms with Crippen LogP contribution in [0.3, 0.4) is 0 Å². The van der Waals surface area contributed by atoms with Gasteiger partial charge in [-0.05, 0) is 36.1 Å². The van der Waals surface area contributed by atoms with Crippen molar-refractivity contribution in [3.8, 4) is 12.3 Å². The normalized spacial score (nSPS) is 18.4. The summed E-state index contributed by atoms with van der Waals surface area (Å²) in [7, 11) is -1.73. The number of para-hydroxylation sites is 1. The molecular formula is C21H30N2Si. The number of aromatic nitrogens is 1. The average molecular weight is 339 g/mol. The van der Waals surface area contributed by atoms with Gasteiger partial charge in [0.25, 0.3) is 0 Å². The third kappa shape index (κ3) is 2.62. The van der Waals surface area contributed by atoms with Gasteiger partial charge in [-0.25, -0.2) is 0 Å². The first-order valence-electron chi connectivity index (χ1n) is 9.08. The fraction of sp³-hybridized carbons (Fsp3) is 0.524. The highest BCUT2D eigenvalue weighted by Crippen LogP contribution is 2.44. The molecule has 3 rings (SSSR count). The lowest BCUT2D eigenvalue weighted by molar-refractivity contribution is 0.467. The van der Waals surface area contributed by atoms with Crippen LogP contribution in [0.2, 0.25) is 18.1 Å². The lowest BCUT2D eigenvalue weighted by Gasteiger charge is -2.42. The van der Waals surface area contributed by atoms with Crippen molar-refractivity contribution in [2.24, 2.45) is 0 Å². The Morgan fingerprint density at radius 3 is 2.67 bits per heavy atom. The van der Waals surface area contributed by atoms with Gasteiger partial charge in [-0.3, -0.25) is 0 Å². The number of nitrogens with zero attached hydrogens (tertiary/aromatic N) is 1. The van der Waals surface area contributed by atoms with E-state index in [4.69, 9.17) is 6.42 Å². The molecule has 1 aromatic carbocycles. The van der Waals surface area contributed by atoms with Crippen molar-refractivity contribution >= 4 is 19.1 Å². The highest BCUT2D eigenvalue weighted by molar-refractivity contribution is 6.79. The maximum absolute atomic E-state index is 5.56. The first-order chi connectivity index (χ1) is 11.3. The molecule has 2 nitrogen and oxygen atoms in total. The van der Waals surface area contributed by atoms with Crippen LogP contribution in [-0.4, -0.2) is 19.0 Å². The molecule has 1 atom stereocenters. The van der Waals surface area contributed by atoms with Crippen LogP contribution in [0.25, 0.3) is 10.9 Å². The molecule has 0 bridgehead atoms. The molecule has 0 fully saturated rings. The summed E-state index contributed by atoms with van der Waals surface area (Å²) in [6, 6.07) is 9.36. The van der Waals surface area contributed by atoms with E-state index in [-0.39, 0.29) is 5.04 Å². The molecule has 0 spiro atoms. The molecule has 128 valence electrons. The second-order valence-electron chi connectivity index (χ2n) is 8.52. The zero-order chi connectivity index (χ0) is 17.5. The number of rotatable bonds is 3. The summed E-state index contributed by atoms with van der Waals surface area (Å²) in [5, 5.41) is 5.48. The van der Waals surface area contributed by atoms with E-state index < -0.39 is 8.24 Å². The number of terminal acetylenes is 1. The standard InChI is InChI=1S/C21H30N2Si/c1-7-8-12-18-20-17(14-15-22-18)16-11-9-10-13-19(16)23(20)24(5,6)21(2,3)4/h1,9-11,13,18,22H,8,12,14-15H2,2-6H3. The minimum absolute atomic E-state index is 0.288. The molecule has 1 unspecified atom stereocenters. The molecule has 2 aromatic rings. The third-order valence-corrected chi connectivity index (χ3v) is 11.4. The SMILES string of the molecule is C#CCCC1NCCc2c1n([Si](C)(C)C(C)(C)C)c1ccccc21. The molecule has 0 saturated heterocycles. The van der Waals surface area contributed by atoms with E-state index in [1.165, 1.54) is 16.6 Å².